The van der Waals surface area contributed by atoms with Gasteiger partial charge in [-0.05, 0) is 68.6 Å². The SMILES string of the molecule is C.C/C=C(\C=NC)c1cnc(N)c(CC(C)F)c1.CC(C)C(=O)OC1CCCC1.CCCC(C)(C)CC. The van der Waals surface area contributed by atoms with Crippen molar-refractivity contribution in [3.05, 3.63) is 29.5 Å². The third-order valence-electron chi connectivity index (χ3n) is 6.36. The number of aromatic nitrogens is 1. The third kappa shape index (κ3) is 16.3. The number of rotatable bonds is 9. The second-order valence-electron chi connectivity index (χ2n) is 10.7. The molecular weight excluding hydrogens is 465 g/mol. The molecule has 0 aromatic carbocycles. The molecule has 1 aromatic heterocycles. The van der Waals surface area contributed by atoms with E-state index >= 15 is 0 Å². The number of carbonyl (C=O) groups is 1. The molecule has 0 aliphatic heterocycles. The quantitative estimate of drug-likeness (QED) is 0.260. The first kappa shape index (κ1) is 36.9. The van der Waals surface area contributed by atoms with Gasteiger partial charge in [-0.2, -0.15) is 0 Å². The molecule has 6 heteroatoms. The smallest absolute Gasteiger partial charge is 0.308 e. The highest BCUT2D eigenvalue weighted by atomic mass is 19.1. The van der Waals surface area contributed by atoms with E-state index in [1.807, 2.05) is 32.9 Å². The Morgan fingerprint density at radius 3 is 2.27 bits per heavy atom. The Balaban J connectivity index is 0. The van der Waals surface area contributed by atoms with Crippen LogP contribution < -0.4 is 5.73 Å². The van der Waals surface area contributed by atoms with E-state index in [0.29, 0.717) is 11.2 Å². The van der Waals surface area contributed by atoms with Gasteiger partial charge < -0.3 is 10.5 Å². The van der Waals surface area contributed by atoms with Crippen LogP contribution in [-0.4, -0.2) is 36.5 Å². The Morgan fingerprint density at radius 1 is 1.27 bits per heavy atom. The first-order chi connectivity index (χ1) is 16.9. The van der Waals surface area contributed by atoms with Crippen LogP contribution in [-0.2, 0) is 16.0 Å². The van der Waals surface area contributed by atoms with E-state index in [2.05, 4.69) is 37.7 Å². The summed E-state index contributed by atoms with van der Waals surface area (Å²) in [7, 11) is 1.71. The first-order valence-corrected chi connectivity index (χ1v) is 13.6. The average molecular weight is 522 g/mol. The van der Waals surface area contributed by atoms with Crippen LogP contribution in [0.2, 0.25) is 0 Å². The third-order valence-corrected chi connectivity index (χ3v) is 6.36. The van der Waals surface area contributed by atoms with E-state index in [4.69, 9.17) is 10.5 Å². The molecule has 5 nitrogen and oxygen atoms in total. The lowest BCUT2D eigenvalue weighted by molar-refractivity contribution is -0.152. The molecule has 2 N–H and O–H groups in total. The van der Waals surface area contributed by atoms with Gasteiger partial charge in [-0.15, -0.1) is 0 Å². The standard InChI is InChI=1S/C13H18FN3.C9H16O2.C8H18.CH4/c1-4-10(7-16-3)12-6-11(5-9(2)14)13(15)17-8-12;1-7(2)9(10)11-8-5-3-4-6-8;1-5-7-8(3,4)6-2;/h4,6-9H,5H2,1-3H3,(H2,15,17);7-8H,3-6H2,1-2H3;5-7H2,1-4H3;1H4/b10-4+,16-7?;;;. The molecular formula is C31H56FN3O2. The molecule has 0 spiro atoms. The Bertz CT molecular complexity index is 811. The van der Waals surface area contributed by atoms with E-state index in [-0.39, 0.29) is 31.8 Å². The lowest BCUT2D eigenvalue weighted by atomic mass is 9.86. The van der Waals surface area contributed by atoms with E-state index in [9.17, 15) is 9.18 Å². The fourth-order valence-electron chi connectivity index (χ4n) is 3.76. The maximum atomic E-state index is 13.0. The van der Waals surface area contributed by atoms with Gasteiger partial charge in [0.15, 0.2) is 0 Å². The number of alkyl halides is 1. The van der Waals surface area contributed by atoms with E-state index in [1.165, 1.54) is 39.0 Å². The van der Waals surface area contributed by atoms with Crippen LogP contribution in [0.1, 0.15) is 119 Å². The molecule has 1 aliphatic carbocycles. The summed E-state index contributed by atoms with van der Waals surface area (Å²) in [6.45, 7) is 16.3. The normalized spacial score (nSPS) is 14.8. The van der Waals surface area contributed by atoms with E-state index in [1.54, 1.807) is 19.5 Å². The largest absolute Gasteiger partial charge is 0.462 e. The number of hydrogen-bond donors (Lipinski definition) is 1. The van der Waals surface area contributed by atoms with Crippen molar-refractivity contribution in [2.75, 3.05) is 12.8 Å². The van der Waals surface area contributed by atoms with Crippen molar-refractivity contribution in [3.63, 3.8) is 0 Å². The van der Waals surface area contributed by atoms with Crippen molar-refractivity contribution in [2.45, 2.75) is 126 Å². The molecule has 2 rings (SSSR count). The molecule has 1 aliphatic rings. The molecule has 1 fully saturated rings. The molecule has 1 saturated carbocycles. The van der Waals surface area contributed by atoms with Crippen molar-refractivity contribution in [2.24, 2.45) is 16.3 Å². The Labute approximate surface area is 227 Å². The number of anilines is 1. The van der Waals surface area contributed by atoms with Crippen LogP contribution in [0.5, 0.6) is 0 Å². The van der Waals surface area contributed by atoms with Gasteiger partial charge in [-0.3, -0.25) is 9.79 Å². The number of nitrogens with zero attached hydrogens (tertiary/aromatic N) is 2. The fraction of sp³-hybridized carbons (Fsp3) is 0.710. The highest BCUT2D eigenvalue weighted by molar-refractivity contribution is 6.09. The molecule has 1 unspecified atom stereocenters. The maximum Gasteiger partial charge on any atom is 0.308 e. The Kier molecular flexibility index (Phi) is 19.8. The monoisotopic (exact) mass is 521 g/mol. The highest BCUT2D eigenvalue weighted by Crippen LogP contribution is 2.25. The van der Waals surface area contributed by atoms with Crippen molar-refractivity contribution >= 4 is 23.6 Å². The van der Waals surface area contributed by atoms with Crippen molar-refractivity contribution in [1.29, 1.82) is 0 Å². The van der Waals surface area contributed by atoms with Crippen LogP contribution in [0.25, 0.3) is 5.57 Å². The van der Waals surface area contributed by atoms with E-state index < -0.39 is 6.17 Å². The molecule has 214 valence electrons. The zero-order valence-electron chi connectivity index (χ0n) is 24.4. The number of nitrogen functional groups attached to an aromatic ring is 1. The van der Waals surface area contributed by atoms with Crippen LogP contribution in [0.4, 0.5) is 10.2 Å². The van der Waals surface area contributed by atoms with Crippen LogP contribution >= 0.6 is 0 Å². The fourth-order valence-corrected chi connectivity index (χ4v) is 3.76. The van der Waals surface area contributed by atoms with Crippen LogP contribution in [0, 0.1) is 11.3 Å². The van der Waals surface area contributed by atoms with Gasteiger partial charge in [0.25, 0.3) is 0 Å². The molecule has 0 radical (unpaired) electrons. The Hall–Kier alpha value is -2.24. The topological polar surface area (TPSA) is 77.6 Å². The second kappa shape index (κ2) is 19.8. The summed E-state index contributed by atoms with van der Waals surface area (Å²) >= 11 is 0. The first-order valence-electron chi connectivity index (χ1n) is 13.6. The number of carbonyl (C=O) groups excluding carboxylic acids is 1. The summed E-state index contributed by atoms with van der Waals surface area (Å²) in [6.07, 6.45) is 13.5. The average Bonchev–Trinajstić information content (AvgIpc) is 3.32. The lowest BCUT2D eigenvalue weighted by Crippen LogP contribution is -2.18. The minimum absolute atomic E-state index is 0. The second-order valence-corrected chi connectivity index (χ2v) is 10.7. The maximum absolute atomic E-state index is 13.0. The summed E-state index contributed by atoms with van der Waals surface area (Å²) in [5, 5.41) is 0. The number of pyridine rings is 1. The zero-order chi connectivity index (χ0) is 27.7. The van der Waals surface area contributed by atoms with Gasteiger partial charge in [-0.25, -0.2) is 9.37 Å². The van der Waals surface area contributed by atoms with Crippen LogP contribution in [0.15, 0.2) is 23.3 Å². The molecule has 37 heavy (non-hydrogen) atoms. The highest BCUT2D eigenvalue weighted by Gasteiger charge is 2.20. The number of esters is 1. The van der Waals surface area contributed by atoms with Gasteiger partial charge in [0.05, 0.1) is 5.92 Å². The molecule has 1 atom stereocenters. The molecule has 1 heterocycles. The molecule has 0 amide bonds. The summed E-state index contributed by atoms with van der Waals surface area (Å²) < 4.78 is 18.2. The summed E-state index contributed by atoms with van der Waals surface area (Å²) in [5.74, 6) is 0.370. The predicted octanol–water partition coefficient (Wildman–Crippen LogP) is 8.66. The lowest BCUT2D eigenvalue weighted by Gasteiger charge is -2.20. The van der Waals surface area contributed by atoms with Crippen molar-refractivity contribution in [3.8, 4) is 0 Å². The van der Waals surface area contributed by atoms with Crippen molar-refractivity contribution < 1.29 is 13.9 Å². The summed E-state index contributed by atoms with van der Waals surface area (Å²) in [4.78, 5) is 19.1. The van der Waals surface area contributed by atoms with Gasteiger partial charge in [0.2, 0.25) is 0 Å². The Morgan fingerprint density at radius 2 is 1.86 bits per heavy atom. The minimum atomic E-state index is -0.928. The summed E-state index contributed by atoms with van der Waals surface area (Å²) in [5.41, 5.74) is 8.91. The molecule has 0 saturated heterocycles. The van der Waals surface area contributed by atoms with Crippen LogP contribution in [0.3, 0.4) is 0 Å². The summed E-state index contributed by atoms with van der Waals surface area (Å²) in [6, 6.07) is 1.87. The number of nitrogens with two attached hydrogens (primary N) is 1. The molecule has 1 aromatic rings. The zero-order valence-corrected chi connectivity index (χ0v) is 24.4. The number of ether oxygens (including phenoxy) is 1. The minimum Gasteiger partial charge on any atom is -0.462 e. The van der Waals surface area contributed by atoms with Gasteiger partial charge in [0, 0.05) is 31.4 Å². The number of allylic oxidation sites excluding steroid dienone is 2. The molecule has 0 bridgehead atoms. The van der Waals surface area contributed by atoms with Gasteiger partial charge in [-0.1, -0.05) is 67.9 Å². The number of aliphatic imine (C=N–C) groups is 1. The predicted molar refractivity (Wildman–Crippen MR) is 160 cm³/mol. The number of hydrogen-bond acceptors (Lipinski definition) is 5. The van der Waals surface area contributed by atoms with Gasteiger partial charge >= 0.3 is 5.97 Å². The van der Waals surface area contributed by atoms with E-state index in [0.717, 1.165) is 29.5 Å². The van der Waals surface area contributed by atoms with Gasteiger partial charge in [0.1, 0.15) is 18.1 Å². The number of halogens is 1. The van der Waals surface area contributed by atoms with Crippen molar-refractivity contribution in [1.82, 2.24) is 4.98 Å².